The van der Waals surface area contributed by atoms with Crippen LogP contribution in [-0.4, -0.2) is 10.9 Å². The van der Waals surface area contributed by atoms with E-state index in [1.165, 1.54) is 19.3 Å². The average Bonchev–Trinajstić information content (AvgIpc) is 2.46. The summed E-state index contributed by atoms with van der Waals surface area (Å²) in [5, 5.41) is 21.9. The Morgan fingerprint density at radius 1 is 1.22 bits per heavy atom. The molecule has 1 saturated carbocycles. The Morgan fingerprint density at radius 2 is 1.89 bits per heavy atom. The van der Waals surface area contributed by atoms with E-state index < -0.39 is 5.60 Å². The molecule has 0 aliphatic heterocycles. The lowest BCUT2D eigenvalue weighted by molar-refractivity contribution is -0.0167. The van der Waals surface area contributed by atoms with Gasteiger partial charge in [-0.05, 0) is 36.1 Å². The third-order valence-electron chi connectivity index (χ3n) is 3.91. The van der Waals surface area contributed by atoms with Gasteiger partial charge in [0.05, 0.1) is 0 Å². The highest BCUT2D eigenvalue weighted by Crippen LogP contribution is 2.41. The van der Waals surface area contributed by atoms with Crippen LogP contribution in [0, 0.1) is 16.6 Å². The summed E-state index contributed by atoms with van der Waals surface area (Å²) in [4.78, 5) is 0. The molecule has 1 fully saturated rings. The minimum absolute atomic E-state index is 0.287. The summed E-state index contributed by atoms with van der Waals surface area (Å²) in [6.07, 6.45) is 5.79. The second-order valence-corrected chi connectivity index (χ2v) is 5.77. The van der Waals surface area contributed by atoms with Crippen molar-refractivity contribution < 1.29 is 5.11 Å². The van der Waals surface area contributed by atoms with Gasteiger partial charge in [-0.15, -0.1) is 0 Å². The Kier molecular flexibility index (Phi) is 4.68. The molecular formula is C15H19NOS. The number of rotatable bonds is 4. The molecule has 1 N–H and O–H groups in total. The average molecular weight is 261 g/mol. The fourth-order valence-electron chi connectivity index (χ4n) is 2.89. The fourth-order valence-corrected chi connectivity index (χ4v) is 3.57. The van der Waals surface area contributed by atoms with Crippen LogP contribution in [0.4, 0.5) is 0 Å². The van der Waals surface area contributed by atoms with Gasteiger partial charge >= 0.3 is 0 Å². The van der Waals surface area contributed by atoms with Crippen LogP contribution < -0.4 is 0 Å². The summed E-state index contributed by atoms with van der Waals surface area (Å²) in [6.45, 7) is 0. The van der Waals surface area contributed by atoms with Gasteiger partial charge in [0, 0.05) is 5.75 Å². The van der Waals surface area contributed by atoms with Gasteiger partial charge in [0.15, 0.2) is 0 Å². The molecule has 1 aromatic carbocycles. The van der Waals surface area contributed by atoms with Crippen LogP contribution >= 0.6 is 11.8 Å². The zero-order chi connectivity index (χ0) is 12.8. The molecule has 0 radical (unpaired) electrons. The third-order valence-corrected chi connectivity index (χ3v) is 4.62. The predicted molar refractivity (Wildman–Crippen MR) is 75.0 cm³/mol. The maximum absolute atomic E-state index is 11.1. The van der Waals surface area contributed by atoms with E-state index in [-0.39, 0.29) is 5.92 Å². The van der Waals surface area contributed by atoms with Crippen LogP contribution in [-0.2, 0) is 5.60 Å². The Morgan fingerprint density at radius 3 is 2.50 bits per heavy atom. The number of hydrogen-bond donors (Lipinski definition) is 1. The van der Waals surface area contributed by atoms with Crippen LogP contribution in [0.1, 0.15) is 37.7 Å². The van der Waals surface area contributed by atoms with Crippen molar-refractivity contribution in [2.75, 3.05) is 5.75 Å². The maximum Gasteiger partial charge on any atom is 0.133 e. The third kappa shape index (κ3) is 2.88. The van der Waals surface area contributed by atoms with E-state index in [0.29, 0.717) is 5.75 Å². The second kappa shape index (κ2) is 6.26. The van der Waals surface area contributed by atoms with E-state index in [1.807, 2.05) is 30.3 Å². The first-order valence-electron chi connectivity index (χ1n) is 6.56. The van der Waals surface area contributed by atoms with Gasteiger partial charge in [0.25, 0.3) is 0 Å². The number of nitrogens with zero attached hydrogens (tertiary/aromatic N) is 1. The first-order valence-corrected chi connectivity index (χ1v) is 7.55. The van der Waals surface area contributed by atoms with Crippen molar-refractivity contribution in [3.05, 3.63) is 35.9 Å². The minimum Gasteiger partial charge on any atom is -0.384 e. The molecule has 96 valence electrons. The number of benzene rings is 1. The summed E-state index contributed by atoms with van der Waals surface area (Å²) in [5.74, 6) is 0.757. The molecule has 3 heteroatoms. The normalized spacial score (nSPS) is 20.0. The Balaban J connectivity index is 2.24. The van der Waals surface area contributed by atoms with E-state index >= 15 is 0 Å². The van der Waals surface area contributed by atoms with Crippen LogP contribution in [0.5, 0.6) is 0 Å². The highest BCUT2D eigenvalue weighted by atomic mass is 32.2. The lowest BCUT2D eigenvalue weighted by atomic mass is 9.74. The van der Waals surface area contributed by atoms with Crippen molar-refractivity contribution in [1.29, 1.82) is 5.26 Å². The molecule has 2 rings (SSSR count). The summed E-state index contributed by atoms with van der Waals surface area (Å²) in [7, 11) is 0. The van der Waals surface area contributed by atoms with Crippen molar-refractivity contribution in [1.82, 2.24) is 0 Å². The number of thioether (sulfide) groups is 1. The van der Waals surface area contributed by atoms with Crippen LogP contribution in [0.15, 0.2) is 30.3 Å². The monoisotopic (exact) mass is 261 g/mol. The van der Waals surface area contributed by atoms with E-state index in [1.54, 1.807) is 0 Å². The van der Waals surface area contributed by atoms with Crippen molar-refractivity contribution in [2.24, 2.45) is 5.92 Å². The number of thiocyanates is 1. The molecule has 1 aromatic rings. The summed E-state index contributed by atoms with van der Waals surface area (Å²) in [6, 6.07) is 9.83. The largest absolute Gasteiger partial charge is 0.384 e. The smallest absolute Gasteiger partial charge is 0.133 e. The Labute approximate surface area is 113 Å². The molecule has 18 heavy (non-hydrogen) atoms. The van der Waals surface area contributed by atoms with Crippen molar-refractivity contribution in [2.45, 2.75) is 37.7 Å². The molecule has 2 nitrogen and oxygen atoms in total. The van der Waals surface area contributed by atoms with Crippen molar-refractivity contribution in [3.8, 4) is 5.40 Å². The molecule has 1 unspecified atom stereocenters. The van der Waals surface area contributed by atoms with Crippen LogP contribution in [0.2, 0.25) is 0 Å². The van der Waals surface area contributed by atoms with E-state index in [2.05, 4.69) is 5.40 Å². The maximum atomic E-state index is 11.1. The molecule has 0 bridgehead atoms. The highest BCUT2D eigenvalue weighted by molar-refractivity contribution is 8.03. The second-order valence-electron chi connectivity index (χ2n) is 5.01. The molecule has 1 atom stereocenters. The molecular weight excluding hydrogens is 242 g/mol. The quantitative estimate of drug-likeness (QED) is 0.841. The van der Waals surface area contributed by atoms with E-state index in [9.17, 15) is 5.11 Å². The number of hydrogen-bond acceptors (Lipinski definition) is 3. The zero-order valence-electron chi connectivity index (χ0n) is 10.5. The van der Waals surface area contributed by atoms with Crippen molar-refractivity contribution >= 4 is 11.8 Å². The molecule has 0 amide bonds. The summed E-state index contributed by atoms with van der Waals surface area (Å²) < 4.78 is 0. The molecule has 0 saturated heterocycles. The van der Waals surface area contributed by atoms with E-state index in [4.69, 9.17) is 5.26 Å². The summed E-state index contributed by atoms with van der Waals surface area (Å²) in [5.41, 5.74) is 0.113. The van der Waals surface area contributed by atoms with Gasteiger partial charge in [-0.1, -0.05) is 49.6 Å². The summed E-state index contributed by atoms with van der Waals surface area (Å²) >= 11 is 1.16. The molecule has 0 heterocycles. The zero-order valence-corrected chi connectivity index (χ0v) is 11.3. The molecule has 1 aliphatic rings. The first kappa shape index (κ1) is 13.5. The van der Waals surface area contributed by atoms with Gasteiger partial charge < -0.3 is 5.11 Å². The Bertz CT molecular complexity index is 408. The SMILES string of the molecule is N#CSCC(O)(c1ccccc1)C1CCCCC1. The minimum atomic E-state index is -0.845. The first-order chi connectivity index (χ1) is 8.77. The van der Waals surface area contributed by atoms with Crippen molar-refractivity contribution in [3.63, 3.8) is 0 Å². The van der Waals surface area contributed by atoms with Crippen LogP contribution in [0.3, 0.4) is 0 Å². The molecule has 0 aromatic heterocycles. The standard InChI is InChI=1S/C15H19NOS/c16-12-18-11-15(17,13-7-3-1-4-8-13)14-9-5-2-6-10-14/h1,3-4,7-8,14,17H,2,5-6,9-11H2. The van der Waals surface area contributed by atoms with Gasteiger partial charge in [0.1, 0.15) is 11.0 Å². The number of aliphatic hydroxyl groups is 1. The topological polar surface area (TPSA) is 44.0 Å². The van der Waals surface area contributed by atoms with Crippen LogP contribution in [0.25, 0.3) is 0 Å². The predicted octanol–water partition coefficient (Wildman–Crippen LogP) is 3.67. The van der Waals surface area contributed by atoms with Gasteiger partial charge in [-0.2, -0.15) is 5.26 Å². The fraction of sp³-hybridized carbons (Fsp3) is 0.533. The molecule has 0 spiro atoms. The lowest BCUT2D eigenvalue weighted by Gasteiger charge is -2.38. The van der Waals surface area contributed by atoms with Gasteiger partial charge in [-0.25, -0.2) is 0 Å². The highest BCUT2D eigenvalue weighted by Gasteiger charge is 2.38. The van der Waals surface area contributed by atoms with Gasteiger partial charge in [-0.3, -0.25) is 0 Å². The Hall–Kier alpha value is -0.980. The lowest BCUT2D eigenvalue weighted by Crippen LogP contribution is -2.38. The van der Waals surface area contributed by atoms with E-state index in [0.717, 1.165) is 30.2 Å². The van der Waals surface area contributed by atoms with Gasteiger partial charge in [0.2, 0.25) is 0 Å². The molecule has 1 aliphatic carbocycles. The number of nitriles is 1.